The molecular weight excluding hydrogens is 366 g/mol. The van der Waals surface area contributed by atoms with Crippen LogP contribution in [0.3, 0.4) is 0 Å². The number of hydrogen-bond donors (Lipinski definition) is 1. The third kappa shape index (κ3) is 4.76. The lowest BCUT2D eigenvalue weighted by molar-refractivity contribution is -0.0163. The van der Waals surface area contributed by atoms with Gasteiger partial charge in [0, 0.05) is 19.3 Å². The van der Waals surface area contributed by atoms with Crippen molar-refractivity contribution >= 4 is 17.5 Å². The summed E-state index contributed by atoms with van der Waals surface area (Å²) in [6.45, 7) is 4.94. The Balaban J connectivity index is 1.64. The van der Waals surface area contributed by atoms with E-state index in [1.54, 1.807) is 24.1 Å². The molecule has 0 radical (unpaired) electrons. The Labute approximate surface area is 164 Å². The number of halogens is 1. The summed E-state index contributed by atoms with van der Waals surface area (Å²) in [5.41, 5.74) is 1.21. The van der Waals surface area contributed by atoms with Crippen molar-refractivity contribution in [1.29, 1.82) is 0 Å². The minimum absolute atomic E-state index is 0.0972. The normalized spacial score (nSPS) is 20.2. The first-order chi connectivity index (χ1) is 12.9. The van der Waals surface area contributed by atoms with Crippen LogP contribution in [0, 0.1) is 13.8 Å². The fourth-order valence-electron chi connectivity index (χ4n) is 3.23. The maximum Gasteiger partial charge on any atom is 0.257 e. The zero-order valence-electron chi connectivity index (χ0n) is 15.6. The van der Waals surface area contributed by atoms with Crippen molar-refractivity contribution in [2.75, 3.05) is 19.7 Å². The number of carbonyl (C=O) groups excluding carboxylic acids is 1. The highest BCUT2D eigenvalue weighted by Crippen LogP contribution is 2.29. The van der Waals surface area contributed by atoms with Gasteiger partial charge in [0.2, 0.25) is 0 Å². The largest absolute Gasteiger partial charge is 0.489 e. The molecule has 144 valence electrons. The highest BCUT2D eigenvalue weighted by molar-refractivity contribution is 6.32. The summed E-state index contributed by atoms with van der Waals surface area (Å²) in [5, 5.41) is 11.5. The van der Waals surface area contributed by atoms with Crippen molar-refractivity contribution in [1.82, 2.24) is 14.9 Å². The molecule has 1 aromatic heterocycles. The third-order valence-electron chi connectivity index (χ3n) is 4.93. The van der Waals surface area contributed by atoms with Crippen LogP contribution >= 0.6 is 11.6 Å². The van der Waals surface area contributed by atoms with E-state index in [9.17, 15) is 9.90 Å². The quantitative estimate of drug-likeness (QED) is 0.869. The lowest BCUT2D eigenvalue weighted by Crippen LogP contribution is -2.38. The van der Waals surface area contributed by atoms with E-state index in [-0.39, 0.29) is 12.5 Å². The van der Waals surface area contributed by atoms with E-state index in [0.717, 1.165) is 5.56 Å². The summed E-state index contributed by atoms with van der Waals surface area (Å²) in [6.07, 6.45) is 4.67. The summed E-state index contributed by atoms with van der Waals surface area (Å²) in [7, 11) is 0. The van der Waals surface area contributed by atoms with E-state index in [1.165, 1.54) is 6.33 Å². The van der Waals surface area contributed by atoms with Gasteiger partial charge < -0.3 is 14.7 Å². The molecule has 6 nitrogen and oxygen atoms in total. The van der Waals surface area contributed by atoms with Gasteiger partial charge in [-0.3, -0.25) is 4.79 Å². The van der Waals surface area contributed by atoms with E-state index in [1.807, 2.05) is 19.1 Å². The Kier molecular flexibility index (Phi) is 5.97. The van der Waals surface area contributed by atoms with Crippen LogP contribution in [0.2, 0.25) is 5.02 Å². The average molecular weight is 390 g/mol. The molecule has 2 aromatic rings. The van der Waals surface area contributed by atoms with E-state index >= 15 is 0 Å². The minimum atomic E-state index is -0.996. The number of rotatable bonds is 4. The SMILES string of the molecule is Cc1ccc(Cl)c(OCC2(O)CCCN(C(=O)c3cncnc3C)CC2)c1. The second-order valence-corrected chi connectivity index (χ2v) is 7.52. The monoisotopic (exact) mass is 389 g/mol. The lowest BCUT2D eigenvalue weighted by atomic mass is 9.96. The van der Waals surface area contributed by atoms with Crippen LogP contribution in [-0.4, -0.2) is 51.2 Å². The summed E-state index contributed by atoms with van der Waals surface area (Å²) in [5.74, 6) is 0.472. The topological polar surface area (TPSA) is 75.6 Å². The number of amides is 1. The number of likely N-dealkylation sites (tertiary alicyclic amines) is 1. The zero-order chi connectivity index (χ0) is 19.4. The predicted molar refractivity (Wildman–Crippen MR) is 103 cm³/mol. The molecule has 1 amide bonds. The molecule has 0 bridgehead atoms. The van der Waals surface area contributed by atoms with Crippen LogP contribution in [-0.2, 0) is 0 Å². The maximum atomic E-state index is 12.8. The van der Waals surface area contributed by atoms with Gasteiger partial charge in [0.05, 0.1) is 16.3 Å². The lowest BCUT2D eigenvalue weighted by Gasteiger charge is -2.27. The van der Waals surface area contributed by atoms with Gasteiger partial charge in [0.15, 0.2) is 0 Å². The molecule has 7 heteroatoms. The molecular formula is C20H24ClN3O3. The third-order valence-corrected chi connectivity index (χ3v) is 5.24. The van der Waals surface area contributed by atoms with Crippen molar-refractivity contribution < 1.29 is 14.6 Å². The van der Waals surface area contributed by atoms with Crippen molar-refractivity contribution in [2.45, 2.75) is 38.7 Å². The Bertz CT molecular complexity index is 830. The Morgan fingerprint density at radius 2 is 2.15 bits per heavy atom. The summed E-state index contributed by atoms with van der Waals surface area (Å²) in [6, 6.07) is 5.55. The number of aliphatic hydroxyl groups is 1. The van der Waals surface area contributed by atoms with Crippen LogP contribution in [0.5, 0.6) is 5.75 Å². The highest BCUT2D eigenvalue weighted by Gasteiger charge is 2.33. The number of hydrogen-bond acceptors (Lipinski definition) is 5. The van der Waals surface area contributed by atoms with Gasteiger partial charge in [-0.05, 0) is 50.8 Å². The molecule has 0 aliphatic carbocycles. The van der Waals surface area contributed by atoms with E-state index < -0.39 is 5.60 Å². The van der Waals surface area contributed by atoms with Gasteiger partial charge in [-0.2, -0.15) is 0 Å². The van der Waals surface area contributed by atoms with E-state index in [4.69, 9.17) is 16.3 Å². The zero-order valence-corrected chi connectivity index (χ0v) is 16.4. The first-order valence-corrected chi connectivity index (χ1v) is 9.43. The maximum absolute atomic E-state index is 12.8. The molecule has 1 aliphatic heterocycles. The van der Waals surface area contributed by atoms with Crippen LogP contribution in [0.4, 0.5) is 0 Å². The standard InChI is InChI=1S/C20H24ClN3O3/c1-14-4-5-17(21)18(10-14)27-12-20(26)6-3-8-24(9-7-20)19(25)16-11-22-13-23-15(16)2/h4-5,10-11,13,26H,3,6-9,12H2,1-2H3. The van der Waals surface area contributed by atoms with Crippen molar-refractivity contribution in [3.05, 3.63) is 52.6 Å². The molecule has 0 spiro atoms. The van der Waals surface area contributed by atoms with Gasteiger partial charge in [-0.15, -0.1) is 0 Å². The molecule has 1 N–H and O–H groups in total. The second-order valence-electron chi connectivity index (χ2n) is 7.11. The Hall–Kier alpha value is -2.18. The molecule has 3 rings (SSSR count). The van der Waals surface area contributed by atoms with Gasteiger partial charge >= 0.3 is 0 Å². The molecule has 2 heterocycles. The molecule has 0 saturated carbocycles. The van der Waals surface area contributed by atoms with Crippen molar-refractivity contribution in [2.24, 2.45) is 0 Å². The number of ether oxygens (including phenoxy) is 1. The second kappa shape index (κ2) is 8.23. The van der Waals surface area contributed by atoms with Crippen LogP contribution in [0.1, 0.15) is 40.9 Å². The fraction of sp³-hybridized carbons (Fsp3) is 0.450. The molecule has 1 atom stereocenters. The number of benzene rings is 1. The van der Waals surface area contributed by atoms with Gasteiger partial charge in [0.1, 0.15) is 24.3 Å². The number of aryl methyl sites for hydroxylation is 2. The van der Waals surface area contributed by atoms with E-state index in [2.05, 4.69) is 9.97 Å². The number of aromatic nitrogens is 2. The first-order valence-electron chi connectivity index (χ1n) is 9.05. The number of nitrogens with zero attached hydrogens (tertiary/aromatic N) is 3. The molecule has 1 aliphatic rings. The number of carbonyl (C=O) groups is 1. The minimum Gasteiger partial charge on any atom is -0.489 e. The molecule has 1 unspecified atom stereocenters. The molecule has 1 saturated heterocycles. The first kappa shape index (κ1) is 19.6. The summed E-state index contributed by atoms with van der Waals surface area (Å²) in [4.78, 5) is 22.6. The summed E-state index contributed by atoms with van der Waals surface area (Å²) >= 11 is 6.17. The average Bonchev–Trinajstić information content (AvgIpc) is 2.85. The molecule has 1 fully saturated rings. The molecule has 27 heavy (non-hydrogen) atoms. The highest BCUT2D eigenvalue weighted by atomic mass is 35.5. The van der Waals surface area contributed by atoms with Crippen LogP contribution in [0.15, 0.2) is 30.7 Å². The van der Waals surface area contributed by atoms with Crippen molar-refractivity contribution in [3.63, 3.8) is 0 Å². The fourth-order valence-corrected chi connectivity index (χ4v) is 3.40. The van der Waals surface area contributed by atoms with Crippen molar-refractivity contribution in [3.8, 4) is 5.75 Å². The Morgan fingerprint density at radius 3 is 2.93 bits per heavy atom. The van der Waals surface area contributed by atoms with Gasteiger partial charge in [0.25, 0.3) is 5.91 Å². The predicted octanol–water partition coefficient (Wildman–Crippen LogP) is 3.18. The summed E-state index contributed by atoms with van der Waals surface area (Å²) < 4.78 is 5.81. The van der Waals surface area contributed by atoms with E-state index in [0.29, 0.717) is 54.4 Å². The van der Waals surface area contributed by atoms with Gasteiger partial charge in [-0.25, -0.2) is 9.97 Å². The van der Waals surface area contributed by atoms with Crippen LogP contribution < -0.4 is 4.74 Å². The Morgan fingerprint density at radius 1 is 1.33 bits per heavy atom. The van der Waals surface area contributed by atoms with Gasteiger partial charge in [-0.1, -0.05) is 17.7 Å². The van der Waals surface area contributed by atoms with Crippen LogP contribution in [0.25, 0.3) is 0 Å². The smallest absolute Gasteiger partial charge is 0.257 e. The molecule has 1 aromatic carbocycles.